The Balaban J connectivity index is 0.00000172. The van der Waals surface area contributed by atoms with Crippen molar-refractivity contribution >= 4 is 20.2 Å². The minimum Gasteiger partial charge on any atom is -0.300 e. The molecule has 1 rings (SSSR count). The molecule has 0 aliphatic carbocycles. The second kappa shape index (κ2) is 8.84. The first-order valence-electron chi connectivity index (χ1n) is 5.84. The van der Waals surface area contributed by atoms with E-state index in [1.165, 1.54) is 0 Å². The first-order chi connectivity index (χ1) is 9.16. The topological polar surface area (TPSA) is 167 Å². The molecule has 1 saturated heterocycles. The van der Waals surface area contributed by atoms with Crippen LogP contribution in [-0.4, -0.2) is 86.5 Å². The summed E-state index contributed by atoms with van der Waals surface area (Å²) in [5.41, 5.74) is 0. The van der Waals surface area contributed by atoms with Gasteiger partial charge in [0.2, 0.25) is 0 Å². The first-order valence-corrected chi connectivity index (χ1v) is 9.06. The lowest BCUT2D eigenvalue weighted by Gasteiger charge is -2.34. The van der Waals surface area contributed by atoms with Gasteiger partial charge in [-0.25, -0.2) is 0 Å². The maximum absolute atomic E-state index is 10.6. The summed E-state index contributed by atoms with van der Waals surface area (Å²) in [6.45, 7) is 2.99. The van der Waals surface area contributed by atoms with Gasteiger partial charge in [0.1, 0.15) is 0 Å². The summed E-state index contributed by atoms with van der Waals surface area (Å²) in [7, 11) is -7.87. The van der Waals surface area contributed by atoms with E-state index in [0.717, 1.165) is 0 Å². The van der Waals surface area contributed by atoms with E-state index >= 15 is 0 Å². The number of nitrogens with two attached hydrogens (primary N) is 2. The quantitative estimate of drug-likeness (QED) is 0.226. The van der Waals surface area contributed by atoms with Crippen molar-refractivity contribution in [2.45, 2.75) is 0 Å². The molecule has 20 heavy (non-hydrogen) atoms. The minimum absolute atomic E-state index is 0.269. The number of piperazine rings is 1. The van der Waals surface area contributed by atoms with Crippen LogP contribution in [0, 0.1) is 0 Å². The second-order valence-corrected chi connectivity index (χ2v) is 7.40. The van der Waals surface area contributed by atoms with Crippen LogP contribution in [0.25, 0.3) is 0 Å². The molecule has 0 atom stereocenters. The average molecular weight is 334 g/mol. The molecular weight excluding hydrogens is 312 g/mol. The van der Waals surface area contributed by atoms with Crippen LogP contribution in [0.2, 0.25) is 0 Å². The highest BCUT2D eigenvalue weighted by molar-refractivity contribution is 7.86. The molecule has 10 nitrogen and oxygen atoms in total. The summed E-state index contributed by atoms with van der Waals surface area (Å²) in [5.74, 6) is 7.41. The largest absolute Gasteiger partial charge is 0.300 e. The highest BCUT2D eigenvalue weighted by atomic mass is 32.2. The summed E-state index contributed by atoms with van der Waals surface area (Å²) in [4.78, 5) is 3.77. The zero-order valence-corrected chi connectivity index (χ0v) is 12.7. The predicted octanol–water partition coefficient (Wildman–Crippen LogP) is -2.80. The zero-order chi connectivity index (χ0) is 15.8. The van der Waals surface area contributed by atoms with Crippen LogP contribution < -0.4 is 11.7 Å². The van der Waals surface area contributed by atoms with E-state index < -0.39 is 20.2 Å². The van der Waals surface area contributed by atoms with Gasteiger partial charge in [-0.15, -0.1) is 0 Å². The molecule has 6 N–H and O–H groups in total. The fraction of sp³-hybridized carbons (Fsp3) is 1.00. The fourth-order valence-corrected chi connectivity index (χ4v) is 2.70. The van der Waals surface area contributed by atoms with E-state index in [0.29, 0.717) is 26.2 Å². The van der Waals surface area contributed by atoms with Crippen molar-refractivity contribution in [1.29, 1.82) is 0 Å². The molecule has 12 heteroatoms. The van der Waals surface area contributed by atoms with Crippen LogP contribution in [-0.2, 0) is 20.2 Å². The van der Waals surface area contributed by atoms with Crippen molar-refractivity contribution in [1.82, 2.24) is 9.80 Å². The molecule has 1 aliphatic rings. The molecule has 0 saturated carbocycles. The van der Waals surface area contributed by atoms with Crippen molar-refractivity contribution < 1.29 is 25.9 Å². The van der Waals surface area contributed by atoms with Crippen LogP contribution in [0.1, 0.15) is 0 Å². The Morgan fingerprint density at radius 2 is 1.00 bits per heavy atom. The number of hydrogen-bond acceptors (Lipinski definition) is 8. The second-order valence-electron chi connectivity index (χ2n) is 4.26. The van der Waals surface area contributed by atoms with Crippen molar-refractivity contribution in [3.63, 3.8) is 0 Å². The van der Waals surface area contributed by atoms with Crippen LogP contribution in [0.15, 0.2) is 0 Å². The van der Waals surface area contributed by atoms with Gasteiger partial charge >= 0.3 is 0 Å². The molecule has 1 aliphatic heterocycles. The van der Waals surface area contributed by atoms with Gasteiger partial charge in [-0.05, 0) is 0 Å². The van der Waals surface area contributed by atoms with Crippen molar-refractivity contribution in [2.75, 3.05) is 50.8 Å². The molecule has 0 spiro atoms. The summed E-state index contributed by atoms with van der Waals surface area (Å²) in [6.07, 6.45) is 0. The van der Waals surface area contributed by atoms with Crippen molar-refractivity contribution in [3.05, 3.63) is 0 Å². The molecule has 1 heterocycles. The SMILES string of the molecule is NN.O=S(=O)(O)CCN1CCN(CCS(=O)(=O)O)CC1. The van der Waals surface area contributed by atoms with Gasteiger partial charge in [-0.3, -0.25) is 30.6 Å². The highest BCUT2D eigenvalue weighted by Gasteiger charge is 2.19. The van der Waals surface area contributed by atoms with E-state index in [-0.39, 0.29) is 24.6 Å². The normalized spacial score (nSPS) is 18.4. The molecule has 0 radical (unpaired) electrons. The number of hydrogen-bond donors (Lipinski definition) is 4. The number of nitrogens with zero attached hydrogens (tertiary/aromatic N) is 2. The zero-order valence-electron chi connectivity index (χ0n) is 11.0. The summed E-state index contributed by atoms with van der Waals surface area (Å²) < 4.78 is 59.5. The van der Waals surface area contributed by atoms with Gasteiger partial charge < -0.3 is 0 Å². The van der Waals surface area contributed by atoms with Gasteiger partial charge in [-0.1, -0.05) is 0 Å². The standard InChI is InChI=1S/C8H18N2O6S2.H4N2/c11-17(12,13)7-5-9-1-2-10(4-3-9)6-8-18(14,15)16;1-2/h1-8H2,(H,11,12,13)(H,14,15,16);1-2H2. The molecule has 0 amide bonds. The van der Waals surface area contributed by atoms with Crippen LogP contribution in [0.4, 0.5) is 0 Å². The van der Waals surface area contributed by atoms with Gasteiger partial charge in [0.25, 0.3) is 20.2 Å². The minimum atomic E-state index is -3.93. The third-order valence-electron chi connectivity index (χ3n) is 2.80. The van der Waals surface area contributed by atoms with Gasteiger partial charge in [0, 0.05) is 39.3 Å². The Bertz CT molecular complexity index is 413. The monoisotopic (exact) mass is 334 g/mol. The van der Waals surface area contributed by atoms with Gasteiger partial charge in [0.15, 0.2) is 0 Å². The number of rotatable bonds is 6. The van der Waals surface area contributed by atoms with Crippen molar-refractivity contribution in [3.8, 4) is 0 Å². The Labute approximate surface area is 119 Å². The lowest BCUT2D eigenvalue weighted by Crippen LogP contribution is -2.48. The average Bonchev–Trinajstić information content (AvgIpc) is 2.36. The molecule has 0 bridgehead atoms. The third kappa shape index (κ3) is 10.4. The van der Waals surface area contributed by atoms with Gasteiger partial charge in [-0.2, -0.15) is 16.8 Å². The van der Waals surface area contributed by atoms with Crippen molar-refractivity contribution in [2.24, 2.45) is 11.7 Å². The molecule has 0 aromatic rings. The van der Waals surface area contributed by atoms with E-state index in [1.54, 1.807) is 0 Å². The third-order valence-corrected chi connectivity index (χ3v) is 4.19. The molecular formula is C8H22N4O6S2. The molecule has 0 aromatic heterocycles. The molecule has 1 fully saturated rings. The summed E-state index contributed by atoms with van der Waals surface area (Å²) in [6, 6.07) is 0. The Morgan fingerprint density at radius 3 is 1.20 bits per heavy atom. The van der Waals surface area contributed by atoms with Crippen LogP contribution in [0.3, 0.4) is 0 Å². The van der Waals surface area contributed by atoms with Crippen LogP contribution >= 0.6 is 0 Å². The smallest absolute Gasteiger partial charge is 0.266 e. The van der Waals surface area contributed by atoms with Gasteiger partial charge in [0.05, 0.1) is 11.5 Å². The Morgan fingerprint density at radius 1 is 0.750 bits per heavy atom. The maximum Gasteiger partial charge on any atom is 0.266 e. The number of hydrazine groups is 1. The van der Waals surface area contributed by atoms with Crippen LogP contribution in [0.5, 0.6) is 0 Å². The summed E-state index contributed by atoms with van der Waals surface area (Å²) in [5, 5.41) is 0. The van der Waals surface area contributed by atoms with E-state index in [4.69, 9.17) is 9.11 Å². The first kappa shape index (κ1) is 19.7. The summed E-state index contributed by atoms with van der Waals surface area (Å²) >= 11 is 0. The Hall–Kier alpha value is -0.340. The lowest BCUT2D eigenvalue weighted by molar-refractivity contribution is 0.143. The molecule has 0 aromatic carbocycles. The molecule has 0 unspecified atom stereocenters. The molecule has 122 valence electrons. The maximum atomic E-state index is 10.6. The van der Waals surface area contributed by atoms with E-state index in [2.05, 4.69) is 11.7 Å². The predicted molar refractivity (Wildman–Crippen MR) is 74.1 cm³/mol. The Kier molecular flexibility index (Phi) is 8.69. The highest BCUT2D eigenvalue weighted by Crippen LogP contribution is 2.02. The van der Waals surface area contributed by atoms with E-state index in [1.807, 2.05) is 9.80 Å². The lowest BCUT2D eigenvalue weighted by atomic mass is 10.3. The fourth-order valence-electron chi connectivity index (χ4n) is 1.73. The van der Waals surface area contributed by atoms with E-state index in [9.17, 15) is 16.8 Å².